The Morgan fingerprint density at radius 1 is 1.17 bits per heavy atom. The van der Waals surface area contributed by atoms with E-state index in [0.29, 0.717) is 37.2 Å². The average Bonchev–Trinajstić information content (AvgIpc) is 3.10. The highest BCUT2D eigenvalue weighted by Crippen LogP contribution is 2.31. The fourth-order valence-electron chi connectivity index (χ4n) is 3.19. The highest BCUT2D eigenvalue weighted by Gasteiger charge is 2.42. The SMILES string of the molecule is CC1(C(=O)O)CCN(C(=O)c2ccc(N3CCCS3(=O)=O)cc2)C1. The molecule has 1 aromatic carbocycles. The van der Waals surface area contributed by atoms with Crippen molar-refractivity contribution in [2.24, 2.45) is 5.41 Å². The lowest BCUT2D eigenvalue weighted by Gasteiger charge is -2.21. The lowest BCUT2D eigenvalue weighted by atomic mass is 9.90. The third-order valence-corrected chi connectivity index (χ3v) is 6.65. The van der Waals surface area contributed by atoms with Gasteiger partial charge in [0.05, 0.1) is 16.9 Å². The van der Waals surface area contributed by atoms with Crippen molar-refractivity contribution in [2.45, 2.75) is 19.8 Å². The zero-order valence-electron chi connectivity index (χ0n) is 13.4. The molecule has 2 aliphatic rings. The summed E-state index contributed by atoms with van der Waals surface area (Å²) in [6.45, 7) is 2.69. The molecule has 0 aliphatic carbocycles. The number of hydrogen-bond donors (Lipinski definition) is 1. The van der Waals surface area contributed by atoms with Crippen LogP contribution in [0.2, 0.25) is 0 Å². The molecule has 1 aromatic rings. The first-order valence-electron chi connectivity index (χ1n) is 7.86. The minimum atomic E-state index is -3.24. The van der Waals surface area contributed by atoms with E-state index < -0.39 is 21.4 Å². The van der Waals surface area contributed by atoms with Gasteiger partial charge in [0.2, 0.25) is 10.0 Å². The summed E-state index contributed by atoms with van der Waals surface area (Å²) in [7, 11) is -3.24. The lowest BCUT2D eigenvalue weighted by Crippen LogP contribution is -2.34. The molecule has 1 unspecified atom stereocenters. The molecule has 0 spiro atoms. The van der Waals surface area contributed by atoms with Gasteiger partial charge in [-0.2, -0.15) is 0 Å². The monoisotopic (exact) mass is 352 g/mol. The van der Waals surface area contributed by atoms with Gasteiger partial charge in [0.1, 0.15) is 0 Å². The summed E-state index contributed by atoms with van der Waals surface area (Å²) >= 11 is 0. The average molecular weight is 352 g/mol. The van der Waals surface area contributed by atoms with Gasteiger partial charge in [-0.3, -0.25) is 13.9 Å². The number of sulfonamides is 1. The molecule has 2 saturated heterocycles. The summed E-state index contributed by atoms with van der Waals surface area (Å²) in [6.07, 6.45) is 1.03. The van der Waals surface area contributed by atoms with Crippen molar-refractivity contribution >= 4 is 27.6 Å². The molecule has 7 nitrogen and oxygen atoms in total. The number of carbonyl (C=O) groups is 2. The van der Waals surface area contributed by atoms with Crippen LogP contribution in [0.3, 0.4) is 0 Å². The third kappa shape index (κ3) is 2.86. The lowest BCUT2D eigenvalue weighted by molar-refractivity contribution is -0.147. The normalized spacial score (nSPS) is 25.9. The first-order chi connectivity index (χ1) is 11.2. The van der Waals surface area contributed by atoms with Gasteiger partial charge in [-0.05, 0) is 44.0 Å². The molecule has 0 radical (unpaired) electrons. The predicted octanol–water partition coefficient (Wildman–Crippen LogP) is 1.16. The quantitative estimate of drug-likeness (QED) is 0.881. The molecule has 1 N–H and O–H groups in total. The maximum Gasteiger partial charge on any atom is 0.311 e. The zero-order chi connectivity index (χ0) is 17.5. The molecule has 1 amide bonds. The van der Waals surface area contributed by atoms with Crippen molar-refractivity contribution in [2.75, 3.05) is 29.7 Å². The van der Waals surface area contributed by atoms with Gasteiger partial charge in [0.15, 0.2) is 0 Å². The fourth-order valence-corrected chi connectivity index (χ4v) is 4.76. The smallest absolute Gasteiger partial charge is 0.311 e. The van der Waals surface area contributed by atoms with Crippen molar-refractivity contribution in [3.05, 3.63) is 29.8 Å². The Balaban J connectivity index is 1.75. The van der Waals surface area contributed by atoms with E-state index in [1.165, 1.54) is 9.21 Å². The molecule has 24 heavy (non-hydrogen) atoms. The maximum atomic E-state index is 12.5. The van der Waals surface area contributed by atoms with E-state index in [-0.39, 0.29) is 18.2 Å². The van der Waals surface area contributed by atoms with E-state index in [9.17, 15) is 23.1 Å². The first-order valence-corrected chi connectivity index (χ1v) is 9.47. The Hall–Kier alpha value is -2.09. The summed E-state index contributed by atoms with van der Waals surface area (Å²) in [5, 5.41) is 9.25. The second kappa shape index (κ2) is 5.77. The number of aliphatic carboxylic acids is 1. The molecule has 2 heterocycles. The molecular weight excluding hydrogens is 332 g/mol. The van der Waals surface area contributed by atoms with E-state index >= 15 is 0 Å². The Morgan fingerprint density at radius 3 is 2.33 bits per heavy atom. The van der Waals surface area contributed by atoms with E-state index in [1.807, 2.05) is 0 Å². The molecule has 0 bridgehead atoms. The van der Waals surface area contributed by atoms with Crippen LogP contribution in [-0.2, 0) is 14.8 Å². The second-order valence-electron chi connectivity index (χ2n) is 6.63. The van der Waals surface area contributed by atoms with Crippen LogP contribution in [0.5, 0.6) is 0 Å². The van der Waals surface area contributed by atoms with Gasteiger partial charge in [-0.15, -0.1) is 0 Å². The maximum absolute atomic E-state index is 12.5. The number of rotatable bonds is 3. The number of carboxylic acids is 1. The number of amides is 1. The molecule has 0 saturated carbocycles. The minimum absolute atomic E-state index is 0.148. The number of carboxylic acid groups (broad SMARTS) is 1. The molecule has 130 valence electrons. The Morgan fingerprint density at radius 2 is 1.83 bits per heavy atom. The van der Waals surface area contributed by atoms with Gasteiger partial charge >= 0.3 is 5.97 Å². The van der Waals surface area contributed by atoms with Crippen LogP contribution >= 0.6 is 0 Å². The Labute approximate surface area is 140 Å². The molecule has 3 rings (SSSR count). The van der Waals surface area contributed by atoms with E-state index in [1.54, 1.807) is 31.2 Å². The van der Waals surface area contributed by atoms with Gasteiger partial charge < -0.3 is 10.0 Å². The third-order valence-electron chi connectivity index (χ3n) is 4.78. The topological polar surface area (TPSA) is 95.0 Å². The molecule has 2 fully saturated rings. The summed E-state index contributed by atoms with van der Waals surface area (Å²) < 4.78 is 25.2. The predicted molar refractivity (Wildman–Crippen MR) is 88.5 cm³/mol. The van der Waals surface area contributed by atoms with Crippen LogP contribution in [0.15, 0.2) is 24.3 Å². The van der Waals surface area contributed by atoms with Crippen molar-refractivity contribution in [1.82, 2.24) is 4.90 Å². The number of likely N-dealkylation sites (tertiary alicyclic amines) is 1. The standard InChI is InChI=1S/C16H20N2O5S/c1-16(15(20)21)7-9-17(11-16)14(19)12-3-5-13(6-4-12)18-8-2-10-24(18,22)23/h3-6H,2,7-11H2,1H3,(H,20,21). The fraction of sp³-hybridized carbons (Fsp3) is 0.500. The van der Waals surface area contributed by atoms with Gasteiger partial charge in [0, 0.05) is 25.2 Å². The number of carbonyl (C=O) groups excluding carboxylic acids is 1. The largest absolute Gasteiger partial charge is 0.481 e. The Kier molecular flexibility index (Phi) is 4.03. The Bertz CT molecular complexity index is 774. The molecule has 0 aromatic heterocycles. The minimum Gasteiger partial charge on any atom is -0.481 e. The number of benzene rings is 1. The van der Waals surface area contributed by atoms with Crippen LogP contribution in [0.25, 0.3) is 0 Å². The molecular formula is C16H20N2O5S. The van der Waals surface area contributed by atoms with E-state index in [0.717, 1.165) is 0 Å². The summed E-state index contributed by atoms with van der Waals surface area (Å²) in [6, 6.07) is 6.45. The summed E-state index contributed by atoms with van der Waals surface area (Å²) in [5.74, 6) is -0.974. The highest BCUT2D eigenvalue weighted by atomic mass is 32.2. The van der Waals surface area contributed by atoms with Crippen LogP contribution < -0.4 is 4.31 Å². The van der Waals surface area contributed by atoms with Gasteiger partial charge in [-0.1, -0.05) is 0 Å². The van der Waals surface area contributed by atoms with Gasteiger partial charge in [-0.25, -0.2) is 8.42 Å². The van der Waals surface area contributed by atoms with Crippen LogP contribution in [0, 0.1) is 5.41 Å². The van der Waals surface area contributed by atoms with E-state index in [2.05, 4.69) is 0 Å². The second-order valence-corrected chi connectivity index (χ2v) is 8.64. The van der Waals surface area contributed by atoms with E-state index in [4.69, 9.17) is 0 Å². The number of nitrogens with zero attached hydrogens (tertiary/aromatic N) is 2. The summed E-state index contributed by atoms with van der Waals surface area (Å²) in [4.78, 5) is 25.3. The van der Waals surface area contributed by atoms with Crippen molar-refractivity contribution in [1.29, 1.82) is 0 Å². The first kappa shape index (κ1) is 16.8. The molecule has 2 aliphatic heterocycles. The molecule has 8 heteroatoms. The highest BCUT2D eigenvalue weighted by molar-refractivity contribution is 7.93. The zero-order valence-corrected chi connectivity index (χ0v) is 14.3. The van der Waals surface area contributed by atoms with Crippen LogP contribution in [0.1, 0.15) is 30.1 Å². The molecule has 1 atom stereocenters. The van der Waals surface area contributed by atoms with Crippen molar-refractivity contribution < 1.29 is 23.1 Å². The van der Waals surface area contributed by atoms with Crippen molar-refractivity contribution in [3.63, 3.8) is 0 Å². The van der Waals surface area contributed by atoms with Crippen LogP contribution in [-0.4, -0.2) is 55.7 Å². The number of hydrogen-bond acceptors (Lipinski definition) is 4. The van der Waals surface area contributed by atoms with Gasteiger partial charge in [0.25, 0.3) is 5.91 Å². The number of anilines is 1. The van der Waals surface area contributed by atoms with Crippen molar-refractivity contribution in [3.8, 4) is 0 Å². The summed E-state index contributed by atoms with van der Waals surface area (Å²) in [5.41, 5.74) is 0.0880. The van der Waals surface area contributed by atoms with Crippen LogP contribution in [0.4, 0.5) is 5.69 Å².